The summed E-state index contributed by atoms with van der Waals surface area (Å²) in [4.78, 5) is 40.3. The Labute approximate surface area is 194 Å². The van der Waals surface area contributed by atoms with E-state index in [0.717, 1.165) is 17.7 Å². The Balaban J connectivity index is 1.90. The van der Waals surface area contributed by atoms with Gasteiger partial charge in [0.2, 0.25) is 0 Å². The number of benzene rings is 3. The van der Waals surface area contributed by atoms with E-state index in [9.17, 15) is 25.0 Å². The van der Waals surface area contributed by atoms with E-state index in [4.69, 9.17) is 0 Å². The maximum atomic E-state index is 13.7. The van der Waals surface area contributed by atoms with Crippen LogP contribution in [0, 0.1) is 20.2 Å². The number of nitrogens with one attached hydrogen (secondary N) is 1. The zero-order valence-electron chi connectivity index (χ0n) is 18.5. The Morgan fingerprint density at radius 2 is 1.56 bits per heavy atom. The van der Waals surface area contributed by atoms with Crippen LogP contribution in [0.2, 0.25) is 0 Å². The van der Waals surface area contributed by atoms with Crippen LogP contribution in [0.5, 0.6) is 0 Å². The Morgan fingerprint density at radius 1 is 0.971 bits per heavy atom. The number of para-hydroxylation sites is 2. The summed E-state index contributed by atoms with van der Waals surface area (Å²) in [6, 6.07) is 18.3. The summed E-state index contributed by atoms with van der Waals surface area (Å²) in [5.41, 5.74) is 0.504. The number of carbonyl (C=O) groups is 1. The van der Waals surface area contributed by atoms with Gasteiger partial charge in [0.15, 0.2) is 5.69 Å². The van der Waals surface area contributed by atoms with Gasteiger partial charge >= 0.3 is 0 Å². The molecule has 4 rings (SSSR count). The van der Waals surface area contributed by atoms with Crippen LogP contribution in [0.15, 0.2) is 66.7 Å². The molecule has 0 bridgehead atoms. The van der Waals surface area contributed by atoms with Crippen LogP contribution in [0.4, 0.5) is 17.1 Å². The highest BCUT2D eigenvalue weighted by Gasteiger charge is 2.30. The number of hydrogen-bond acceptors (Lipinski definition) is 7. The molecule has 0 aliphatic heterocycles. The van der Waals surface area contributed by atoms with Crippen molar-refractivity contribution in [3.05, 3.63) is 104 Å². The molecule has 1 N–H and O–H groups in total. The van der Waals surface area contributed by atoms with Crippen molar-refractivity contribution in [3.8, 4) is 0 Å². The molecule has 10 heteroatoms. The second-order valence-electron chi connectivity index (χ2n) is 8.02. The van der Waals surface area contributed by atoms with Gasteiger partial charge in [-0.25, -0.2) is 4.98 Å². The number of nitrogens with zero attached hydrogens (tertiary/aromatic N) is 4. The van der Waals surface area contributed by atoms with Gasteiger partial charge < -0.3 is 5.32 Å². The molecule has 0 aliphatic rings. The third kappa shape index (κ3) is 4.33. The minimum Gasteiger partial charge on any atom is -0.372 e. The summed E-state index contributed by atoms with van der Waals surface area (Å²) in [5.74, 6) is -0.214. The lowest BCUT2D eigenvalue weighted by molar-refractivity contribution is -0.392. The summed E-state index contributed by atoms with van der Waals surface area (Å²) < 4.78 is 1.36. The van der Waals surface area contributed by atoms with Crippen LogP contribution in [0.25, 0.3) is 11.0 Å². The monoisotopic (exact) mass is 459 g/mol. The maximum Gasteiger partial charge on any atom is 0.300 e. The lowest BCUT2D eigenvalue weighted by Crippen LogP contribution is -2.18. The molecule has 0 saturated heterocycles. The Kier molecular flexibility index (Phi) is 6.05. The lowest BCUT2D eigenvalue weighted by Gasteiger charge is -2.13. The van der Waals surface area contributed by atoms with Crippen molar-refractivity contribution < 1.29 is 14.6 Å². The van der Waals surface area contributed by atoms with E-state index in [2.05, 4.69) is 10.3 Å². The van der Waals surface area contributed by atoms with E-state index in [-0.39, 0.29) is 17.3 Å². The second kappa shape index (κ2) is 9.10. The molecule has 0 unspecified atom stereocenters. The summed E-state index contributed by atoms with van der Waals surface area (Å²) >= 11 is 0. The molecule has 0 saturated carbocycles. The van der Waals surface area contributed by atoms with Crippen molar-refractivity contribution in [2.75, 3.05) is 5.32 Å². The SMILES string of the molecule is CC(C)Nc1c([N+](=O)[O-])cc(C(=O)n2c(Cc3ccccc3)nc3ccccc32)cc1[N+](=O)[O-]. The molecule has 10 nitrogen and oxygen atoms in total. The van der Waals surface area contributed by atoms with Crippen LogP contribution in [-0.4, -0.2) is 31.3 Å². The minimum absolute atomic E-state index is 0.176. The van der Waals surface area contributed by atoms with Gasteiger partial charge in [0.1, 0.15) is 5.82 Å². The van der Waals surface area contributed by atoms with E-state index in [0.29, 0.717) is 23.3 Å². The molecule has 0 amide bonds. The zero-order chi connectivity index (χ0) is 24.4. The van der Waals surface area contributed by atoms with Crippen molar-refractivity contribution in [2.45, 2.75) is 26.3 Å². The van der Waals surface area contributed by atoms with Crippen LogP contribution < -0.4 is 5.32 Å². The number of anilines is 1. The fourth-order valence-corrected chi connectivity index (χ4v) is 3.79. The first-order chi connectivity index (χ1) is 16.3. The van der Waals surface area contributed by atoms with E-state index in [1.54, 1.807) is 38.1 Å². The molecule has 172 valence electrons. The minimum atomic E-state index is -0.731. The molecule has 0 radical (unpaired) electrons. The second-order valence-corrected chi connectivity index (χ2v) is 8.02. The van der Waals surface area contributed by atoms with Gasteiger partial charge in [0.05, 0.1) is 26.4 Å². The molecule has 0 fully saturated rings. The fourth-order valence-electron chi connectivity index (χ4n) is 3.79. The van der Waals surface area contributed by atoms with Crippen molar-refractivity contribution in [2.24, 2.45) is 0 Å². The van der Waals surface area contributed by atoms with Gasteiger partial charge in [0, 0.05) is 24.6 Å². The number of rotatable bonds is 7. The highest BCUT2D eigenvalue weighted by molar-refractivity contribution is 6.03. The first-order valence-corrected chi connectivity index (χ1v) is 10.5. The van der Waals surface area contributed by atoms with Gasteiger partial charge in [-0.05, 0) is 31.5 Å². The number of aromatic nitrogens is 2. The van der Waals surface area contributed by atoms with Crippen molar-refractivity contribution in [3.63, 3.8) is 0 Å². The molecular weight excluding hydrogens is 438 g/mol. The molecule has 1 heterocycles. The van der Waals surface area contributed by atoms with Crippen molar-refractivity contribution >= 4 is 34.0 Å². The van der Waals surface area contributed by atoms with Crippen LogP contribution in [-0.2, 0) is 6.42 Å². The van der Waals surface area contributed by atoms with Crippen molar-refractivity contribution in [1.82, 2.24) is 9.55 Å². The third-order valence-electron chi connectivity index (χ3n) is 5.21. The molecule has 0 atom stereocenters. The van der Waals surface area contributed by atoms with Gasteiger partial charge in [-0.3, -0.25) is 29.6 Å². The standard InChI is InChI=1S/C24H21N5O5/c1-15(2)25-23-20(28(31)32)13-17(14-21(23)29(33)34)24(30)27-19-11-7-6-10-18(19)26-22(27)12-16-8-4-3-5-9-16/h3-11,13-15,25H,12H2,1-2H3. The van der Waals surface area contributed by atoms with E-state index in [1.165, 1.54) is 4.57 Å². The average Bonchev–Trinajstić information content (AvgIpc) is 3.16. The van der Waals surface area contributed by atoms with E-state index >= 15 is 0 Å². The van der Waals surface area contributed by atoms with E-state index in [1.807, 2.05) is 30.3 Å². The predicted molar refractivity (Wildman–Crippen MR) is 127 cm³/mol. The number of imidazole rings is 1. The van der Waals surface area contributed by atoms with Gasteiger partial charge in [-0.2, -0.15) is 0 Å². The number of hydrogen-bond donors (Lipinski definition) is 1. The molecule has 1 aromatic heterocycles. The Hall–Kier alpha value is -4.60. The smallest absolute Gasteiger partial charge is 0.300 e. The topological polar surface area (TPSA) is 133 Å². The normalized spacial score (nSPS) is 11.0. The maximum absolute atomic E-state index is 13.7. The van der Waals surface area contributed by atoms with Gasteiger partial charge in [-0.1, -0.05) is 42.5 Å². The van der Waals surface area contributed by atoms with Gasteiger partial charge in [0.25, 0.3) is 17.3 Å². The van der Waals surface area contributed by atoms with Gasteiger partial charge in [-0.15, -0.1) is 0 Å². The number of nitro groups is 2. The summed E-state index contributed by atoms with van der Waals surface area (Å²) in [5, 5.41) is 26.3. The lowest BCUT2D eigenvalue weighted by atomic mass is 10.1. The fraction of sp³-hybridized carbons (Fsp3) is 0.167. The Bertz CT molecular complexity index is 1380. The predicted octanol–water partition coefficient (Wildman–Crippen LogP) is 4.95. The van der Waals surface area contributed by atoms with E-state index < -0.39 is 27.1 Å². The van der Waals surface area contributed by atoms with Crippen LogP contribution >= 0.6 is 0 Å². The number of carbonyl (C=O) groups excluding carboxylic acids is 1. The third-order valence-corrected chi connectivity index (χ3v) is 5.21. The largest absolute Gasteiger partial charge is 0.372 e. The molecule has 0 spiro atoms. The first-order valence-electron chi connectivity index (χ1n) is 10.5. The highest BCUT2D eigenvalue weighted by Crippen LogP contribution is 2.37. The molecule has 4 aromatic rings. The highest BCUT2D eigenvalue weighted by atomic mass is 16.6. The molecule has 0 aliphatic carbocycles. The number of nitro benzene ring substituents is 2. The average molecular weight is 459 g/mol. The summed E-state index contributed by atoms with van der Waals surface area (Å²) in [6.07, 6.45) is 0.332. The molecule has 3 aromatic carbocycles. The van der Waals surface area contributed by atoms with Crippen molar-refractivity contribution in [1.29, 1.82) is 0 Å². The molecule has 34 heavy (non-hydrogen) atoms. The van der Waals surface area contributed by atoms with Crippen LogP contribution in [0.3, 0.4) is 0 Å². The zero-order valence-corrected chi connectivity index (χ0v) is 18.5. The molecular formula is C24H21N5O5. The first kappa shape index (κ1) is 22.6. The summed E-state index contributed by atoms with van der Waals surface area (Å²) in [6.45, 7) is 3.42. The quantitative estimate of drug-likeness (QED) is 0.305. The summed E-state index contributed by atoms with van der Waals surface area (Å²) in [7, 11) is 0. The Morgan fingerprint density at radius 3 is 2.15 bits per heavy atom. The van der Waals surface area contributed by atoms with Crippen LogP contribution in [0.1, 0.15) is 35.6 Å². The number of fused-ring (bicyclic) bond motifs is 1.